The van der Waals surface area contributed by atoms with Crippen LogP contribution in [-0.4, -0.2) is 31.5 Å². The first-order valence-corrected chi connectivity index (χ1v) is 8.59. The molecule has 0 radical (unpaired) electrons. The number of H-pyrrole nitrogens is 1. The van der Waals surface area contributed by atoms with Gasteiger partial charge in [0.05, 0.1) is 26.8 Å². The van der Waals surface area contributed by atoms with E-state index in [9.17, 15) is 0 Å². The molecular weight excluding hydrogens is 340 g/mol. The first kappa shape index (κ1) is 17.0. The van der Waals surface area contributed by atoms with Crippen molar-refractivity contribution in [3.8, 4) is 39.6 Å². The van der Waals surface area contributed by atoms with Crippen LogP contribution in [0.1, 0.15) is 0 Å². The lowest BCUT2D eigenvalue weighted by molar-refractivity contribution is 0.324. The first-order chi connectivity index (χ1) is 13.2. The minimum absolute atomic E-state index is 0.563. The maximum atomic E-state index is 5.48. The third kappa shape index (κ3) is 2.97. The Bertz CT molecular complexity index is 1060. The molecule has 0 aliphatic rings. The summed E-state index contributed by atoms with van der Waals surface area (Å²) in [5.74, 6) is 1.76. The van der Waals surface area contributed by atoms with E-state index >= 15 is 0 Å². The van der Waals surface area contributed by atoms with Crippen LogP contribution in [0, 0.1) is 0 Å². The van der Waals surface area contributed by atoms with Gasteiger partial charge in [-0.05, 0) is 35.4 Å². The van der Waals surface area contributed by atoms with Crippen molar-refractivity contribution in [2.24, 2.45) is 0 Å². The number of hydrogen-bond acceptors (Lipinski definition) is 4. The van der Waals surface area contributed by atoms with Crippen molar-refractivity contribution in [1.29, 1.82) is 0 Å². The molecule has 1 N–H and O–H groups in total. The van der Waals surface area contributed by atoms with Crippen LogP contribution in [-0.2, 0) is 0 Å². The van der Waals surface area contributed by atoms with Gasteiger partial charge in [0, 0.05) is 10.9 Å². The molecule has 0 saturated carbocycles. The van der Waals surface area contributed by atoms with Crippen molar-refractivity contribution >= 4 is 10.9 Å². The molecule has 27 heavy (non-hydrogen) atoms. The Morgan fingerprint density at radius 2 is 1.41 bits per heavy atom. The number of rotatable bonds is 5. The van der Waals surface area contributed by atoms with Gasteiger partial charge in [0.1, 0.15) is 5.69 Å². The number of fused-ring (bicyclic) bond motifs is 1. The number of methoxy groups -OCH3 is 3. The minimum Gasteiger partial charge on any atom is -0.493 e. The molecule has 5 nitrogen and oxygen atoms in total. The van der Waals surface area contributed by atoms with Gasteiger partial charge in [0.25, 0.3) is 0 Å². The molecule has 4 aromatic rings. The van der Waals surface area contributed by atoms with Crippen LogP contribution >= 0.6 is 0 Å². The standard InChI is InChI=1S/C22H20N2O3/c1-25-19-12-16(13-20(26-2)22(19)27-3)21-17-11-15(9-10-18(17)23-24-21)14-7-5-4-6-8-14/h4-13H,1-3H3,(H,23,24). The summed E-state index contributed by atoms with van der Waals surface area (Å²) >= 11 is 0. The molecule has 1 heterocycles. The Balaban J connectivity index is 1.89. The number of ether oxygens (including phenoxy) is 3. The van der Waals surface area contributed by atoms with E-state index in [1.807, 2.05) is 36.4 Å². The molecule has 0 aliphatic heterocycles. The molecule has 1 aromatic heterocycles. The molecule has 3 aromatic carbocycles. The zero-order valence-corrected chi connectivity index (χ0v) is 15.4. The van der Waals surface area contributed by atoms with Crippen LogP contribution < -0.4 is 14.2 Å². The fourth-order valence-corrected chi connectivity index (χ4v) is 3.26. The van der Waals surface area contributed by atoms with Gasteiger partial charge in [-0.1, -0.05) is 36.4 Å². The third-order valence-electron chi connectivity index (χ3n) is 4.61. The molecule has 0 unspecified atom stereocenters. The van der Waals surface area contributed by atoms with Gasteiger partial charge >= 0.3 is 0 Å². The fourth-order valence-electron chi connectivity index (χ4n) is 3.26. The second-order valence-electron chi connectivity index (χ2n) is 6.11. The fraction of sp³-hybridized carbons (Fsp3) is 0.136. The summed E-state index contributed by atoms with van der Waals surface area (Å²) in [6.45, 7) is 0. The van der Waals surface area contributed by atoms with Gasteiger partial charge in [-0.3, -0.25) is 5.10 Å². The van der Waals surface area contributed by atoms with Crippen molar-refractivity contribution < 1.29 is 14.2 Å². The van der Waals surface area contributed by atoms with Crippen molar-refractivity contribution in [2.75, 3.05) is 21.3 Å². The number of aromatic nitrogens is 2. The van der Waals surface area contributed by atoms with Crippen LogP contribution in [0.15, 0.2) is 60.7 Å². The van der Waals surface area contributed by atoms with Crippen LogP contribution in [0.3, 0.4) is 0 Å². The average Bonchev–Trinajstić information content (AvgIpc) is 3.16. The Hall–Kier alpha value is -3.47. The normalized spacial score (nSPS) is 10.8. The lowest BCUT2D eigenvalue weighted by atomic mass is 10.0. The predicted molar refractivity (Wildman–Crippen MR) is 107 cm³/mol. The summed E-state index contributed by atoms with van der Waals surface area (Å²) in [5, 5.41) is 8.67. The van der Waals surface area contributed by atoms with E-state index in [2.05, 4.69) is 34.5 Å². The SMILES string of the molecule is COc1cc(-c2n[nH]c3ccc(-c4ccccc4)cc23)cc(OC)c1OC. The van der Waals surface area contributed by atoms with Crippen LogP contribution in [0.25, 0.3) is 33.3 Å². The highest BCUT2D eigenvalue weighted by molar-refractivity contribution is 5.96. The topological polar surface area (TPSA) is 56.4 Å². The summed E-state index contributed by atoms with van der Waals surface area (Å²) in [4.78, 5) is 0. The monoisotopic (exact) mass is 360 g/mol. The molecule has 0 amide bonds. The van der Waals surface area contributed by atoms with Crippen LogP contribution in [0.2, 0.25) is 0 Å². The number of hydrogen-bond donors (Lipinski definition) is 1. The van der Waals surface area contributed by atoms with E-state index in [-0.39, 0.29) is 0 Å². The van der Waals surface area contributed by atoms with Gasteiger partial charge in [0.2, 0.25) is 5.75 Å². The largest absolute Gasteiger partial charge is 0.493 e. The number of nitrogens with zero attached hydrogens (tertiary/aromatic N) is 1. The van der Waals surface area contributed by atoms with E-state index in [1.165, 1.54) is 0 Å². The summed E-state index contributed by atoms with van der Waals surface area (Å²) in [7, 11) is 4.81. The van der Waals surface area contributed by atoms with Gasteiger partial charge in [-0.15, -0.1) is 0 Å². The highest BCUT2D eigenvalue weighted by Gasteiger charge is 2.17. The van der Waals surface area contributed by atoms with E-state index < -0.39 is 0 Å². The Labute approximate surface area is 157 Å². The first-order valence-electron chi connectivity index (χ1n) is 8.59. The molecule has 5 heteroatoms. The van der Waals surface area contributed by atoms with Gasteiger partial charge < -0.3 is 14.2 Å². The summed E-state index contributed by atoms with van der Waals surface area (Å²) in [5.41, 5.74) is 5.00. The van der Waals surface area contributed by atoms with Crippen LogP contribution in [0.5, 0.6) is 17.2 Å². The molecule has 0 atom stereocenters. The Morgan fingerprint density at radius 3 is 2.04 bits per heavy atom. The number of nitrogens with one attached hydrogen (secondary N) is 1. The zero-order valence-electron chi connectivity index (χ0n) is 15.4. The lowest BCUT2D eigenvalue weighted by Gasteiger charge is -2.13. The average molecular weight is 360 g/mol. The van der Waals surface area contributed by atoms with Crippen molar-refractivity contribution in [3.05, 3.63) is 60.7 Å². The van der Waals surface area contributed by atoms with Gasteiger partial charge in [-0.25, -0.2) is 0 Å². The molecule has 0 fully saturated rings. The van der Waals surface area contributed by atoms with E-state index in [4.69, 9.17) is 14.2 Å². The summed E-state index contributed by atoms with van der Waals surface area (Å²) < 4.78 is 16.4. The van der Waals surface area contributed by atoms with Crippen LogP contribution in [0.4, 0.5) is 0 Å². The maximum absolute atomic E-state index is 5.48. The molecule has 0 aliphatic carbocycles. The quantitative estimate of drug-likeness (QED) is 0.549. The van der Waals surface area contributed by atoms with Crippen molar-refractivity contribution in [3.63, 3.8) is 0 Å². The second-order valence-corrected chi connectivity index (χ2v) is 6.11. The maximum Gasteiger partial charge on any atom is 0.203 e. The van der Waals surface area contributed by atoms with Gasteiger partial charge in [-0.2, -0.15) is 5.10 Å². The third-order valence-corrected chi connectivity index (χ3v) is 4.61. The predicted octanol–water partition coefficient (Wildman–Crippen LogP) is 4.92. The zero-order chi connectivity index (χ0) is 18.8. The Morgan fingerprint density at radius 1 is 0.704 bits per heavy atom. The molecule has 0 saturated heterocycles. The number of benzene rings is 3. The minimum atomic E-state index is 0.563. The molecule has 136 valence electrons. The van der Waals surface area contributed by atoms with Gasteiger partial charge in [0.15, 0.2) is 11.5 Å². The van der Waals surface area contributed by atoms with E-state index in [1.54, 1.807) is 21.3 Å². The molecule has 0 spiro atoms. The molecular formula is C22H20N2O3. The Kier molecular flexibility index (Phi) is 4.42. The van der Waals surface area contributed by atoms with E-state index in [0.717, 1.165) is 33.3 Å². The molecule has 0 bridgehead atoms. The van der Waals surface area contributed by atoms with Crippen molar-refractivity contribution in [1.82, 2.24) is 10.2 Å². The smallest absolute Gasteiger partial charge is 0.203 e. The number of aromatic amines is 1. The lowest BCUT2D eigenvalue weighted by Crippen LogP contribution is -1.96. The molecule has 4 rings (SSSR count). The van der Waals surface area contributed by atoms with E-state index in [0.29, 0.717) is 17.2 Å². The second kappa shape index (κ2) is 7.03. The highest BCUT2D eigenvalue weighted by atomic mass is 16.5. The van der Waals surface area contributed by atoms with Crippen molar-refractivity contribution in [2.45, 2.75) is 0 Å². The summed E-state index contributed by atoms with van der Waals surface area (Å²) in [6.07, 6.45) is 0. The highest BCUT2D eigenvalue weighted by Crippen LogP contribution is 2.42. The summed E-state index contributed by atoms with van der Waals surface area (Å²) in [6, 6.07) is 20.4.